The predicted octanol–water partition coefficient (Wildman–Crippen LogP) is 0.450. The van der Waals surface area contributed by atoms with E-state index in [0.29, 0.717) is 12.4 Å². The third kappa shape index (κ3) is 3.62. The number of hydrogen-bond acceptors (Lipinski definition) is 6. The molecule has 1 aromatic rings. The maximum absolute atomic E-state index is 12.0. The zero-order valence-electron chi connectivity index (χ0n) is 11.1. The molecule has 0 saturated carbocycles. The van der Waals surface area contributed by atoms with Gasteiger partial charge in [-0.2, -0.15) is 0 Å². The highest BCUT2D eigenvalue weighted by atomic mass is 16.5. The highest BCUT2D eigenvalue weighted by Crippen LogP contribution is 2.24. The second-order valence-corrected chi connectivity index (χ2v) is 5.22. The zero-order valence-corrected chi connectivity index (χ0v) is 11.1. The van der Waals surface area contributed by atoms with E-state index >= 15 is 0 Å². The lowest BCUT2D eigenvalue weighted by Gasteiger charge is -2.35. The topological polar surface area (TPSA) is 102 Å². The second-order valence-electron chi connectivity index (χ2n) is 5.22. The fourth-order valence-corrected chi connectivity index (χ4v) is 2.14. The fraction of sp³-hybridized carbons (Fsp3) is 0.583. The van der Waals surface area contributed by atoms with Crippen molar-refractivity contribution >= 4 is 11.7 Å². The number of amides is 1. The Labute approximate surface area is 111 Å². The van der Waals surface area contributed by atoms with Crippen LogP contribution in [0.5, 0.6) is 0 Å². The normalized spacial score (nSPS) is 21.7. The first-order chi connectivity index (χ1) is 9.00. The first-order valence-electron chi connectivity index (χ1n) is 6.25. The van der Waals surface area contributed by atoms with E-state index in [1.165, 1.54) is 0 Å². The summed E-state index contributed by atoms with van der Waals surface area (Å²) in [6.07, 6.45) is 1.60. The van der Waals surface area contributed by atoms with Gasteiger partial charge in [-0.3, -0.25) is 4.79 Å². The number of nitrogen functional groups attached to an aromatic ring is 1. The van der Waals surface area contributed by atoms with Gasteiger partial charge in [0, 0.05) is 12.6 Å². The Morgan fingerprint density at radius 1 is 1.47 bits per heavy atom. The highest BCUT2D eigenvalue weighted by molar-refractivity contribution is 5.92. The molecule has 0 spiro atoms. The summed E-state index contributed by atoms with van der Waals surface area (Å²) in [5.74, 6) is 5.39. The number of hydrogen-bond donors (Lipinski definition) is 3. The molecule has 1 unspecified atom stereocenters. The molecule has 1 aliphatic rings. The number of aromatic nitrogens is 2. The first kappa shape index (κ1) is 13.7. The van der Waals surface area contributed by atoms with Gasteiger partial charge >= 0.3 is 0 Å². The molecule has 7 nitrogen and oxygen atoms in total. The van der Waals surface area contributed by atoms with E-state index in [2.05, 4.69) is 20.9 Å². The van der Waals surface area contributed by atoms with Crippen molar-refractivity contribution in [3.05, 3.63) is 17.8 Å². The number of hydrazine groups is 1. The quantitative estimate of drug-likeness (QED) is 0.541. The highest BCUT2D eigenvalue weighted by Gasteiger charge is 2.30. The number of nitrogens with two attached hydrogens (primary N) is 1. The van der Waals surface area contributed by atoms with Crippen LogP contribution in [0.4, 0.5) is 5.82 Å². The van der Waals surface area contributed by atoms with Crippen LogP contribution in [0.2, 0.25) is 0 Å². The molecule has 2 heterocycles. The van der Waals surface area contributed by atoms with Crippen molar-refractivity contribution in [1.82, 2.24) is 15.5 Å². The van der Waals surface area contributed by atoms with Crippen molar-refractivity contribution in [2.24, 2.45) is 5.84 Å². The summed E-state index contributed by atoms with van der Waals surface area (Å²) < 4.78 is 5.61. The molecular weight excluding hydrogens is 246 g/mol. The average Bonchev–Trinajstić information content (AvgIpc) is 2.37. The van der Waals surface area contributed by atoms with E-state index in [1.54, 1.807) is 12.1 Å². The molecule has 0 radical (unpaired) electrons. The molecule has 0 aliphatic carbocycles. The lowest BCUT2D eigenvalue weighted by atomic mass is 9.94. The fourth-order valence-electron chi connectivity index (χ4n) is 2.14. The molecule has 1 amide bonds. The number of carbonyl (C=O) groups excluding carboxylic acids is 1. The summed E-state index contributed by atoms with van der Waals surface area (Å²) >= 11 is 0. The molecule has 0 aromatic carbocycles. The minimum Gasteiger partial charge on any atom is -0.375 e. The Morgan fingerprint density at radius 2 is 2.26 bits per heavy atom. The van der Waals surface area contributed by atoms with Crippen LogP contribution in [0.1, 0.15) is 37.2 Å². The van der Waals surface area contributed by atoms with Crippen molar-refractivity contribution in [3.63, 3.8) is 0 Å². The van der Waals surface area contributed by atoms with Crippen molar-refractivity contribution in [2.75, 3.05) is 12.0 Å². The van der Waals surface area contributed by atoms with Crippen LogP contribution in [-0.2, 0) is 4.74 Å². The minimum atomic E-state index is -0.223. The lowest BCUT2D eigenvalue weighted by molar-refractivity contribution is -0.0615. The maximum Gasteiger partial charge on any atom is 0.272 e. The third-order valence-electron chi connectivity index (χ3n) is 3.08. The Morgan fingerprint density at radius 3 is 2.84 bits per heavy atom. The smallest absolute Gasteiger partial charge is 0.272 e. The third-order valence-corrected chi connectivity index (χ3v) is 3.08. The van der Waals surface area contributed by atoms with Gasteiger partial charge in [-0.1, -0.05) is 0 Å². The number of nitrogens with one attached hydrogen (secondary N) is 2. The Hall–Kier alpha value is -1.73. The van der Waals surface area contributed by atoms with Gasteiger partial charge in [0.1, 0.15) is 0 Å². The number of ether oxygens (including phenoxy) is 1. The standard InChI is InChI=1S/C12H19N5O2/c1-12(2)7-8(5-6-19-12)14-11(18)9-3-4-10(15-13)17-16-9/h3-4,8H,5-7,13H2,1-2H3,(H,14,18)(H,15,17). The van der Waals surface area contributed by atoms with Crippen LogP contribution < -0.4 is 16.6 Å². The van der Waals surface area contributed by atoms with Crippen molar-refractivity contribution in [3.8, 4) is 0 Å². The summed E-state index contributed by atoms with van der Waals surface area (Å²) in [7, 11) is 0. The van der Waals surface area contributed by atoms with E-state index in [4.69, 9.17) is 10.6 Å². The molecule has 7 heteroatoms. The Kier molecular flexibility index (Phi) is 3.96. The monoisotopic (exact) mass is 265 g/mol. The molecule has 0 bridgehead atoms. The largest absolute Gasteiger partial charge is 0.375 e. The van der Waals surface area contributed by atoms with Crippen LogP contribution in [0.25, 0.3) is 0 Å². The number of rotatable bonds is 3. The minimum absolute atomic E-state index is 0.102. The van der Waals surface area contributed by atoms with Gasteiger partial charge < -0.3 is 15.5 Å². The van der Waals surface area contributed by atoms with Crippen molar-refractivity contribution < 1.29 is 9.53 Å². The molecule has 1 atom stereocenters. The van der Waals surface area contributed by atoms with E-state index in [9.17, 15) is 4.79 Å². The summed E-state index contributed by atoms with van der Waals surface area (Å²) in [5, 5.41) is 10.5. The van der Waals surface area contributed by atoms with E-state index in [1.807, 2.05) is 13.8 Å². The van der Waals surface area contributed by atoms with Crippen molar-refractivity contribution in [2.45, 2.75) is 38.3 Å². The summed E-state index contributed by atoms with van der Waals surface area (Å²) in [6.45, 7) is 4.69. The predicted molar refractivity (Wildman–Crippen MR) is 70.4 cm³/mol. The Bertz CT molecular complexity index is 446. The average molecular weight is 265 g/mol. The van der Waals surface area contributed by atoms with Crippen molar-refractivity contribution in [1.29, 1.82) is 0 Å². The number of anilines is 1. The van der Waals surface area contributed by atoms with E-state index in [-0.39, 0.29) is 23.2 Å². The van der Waals surface area contributed by atoms with Gasteiger partial charge in [0.25, 0.3) is 5.91 Å². The SMILES string of the molecule is CC1(C)CC(NC(=O)c2ccc(NN)nn2)CCO1. The molecule has 2 rings (SSSR count). The second kappa shape index (κ2) is 5.50. The van der Waals surface area contributed by atoms with Crippen LogP contribution in [0.3, 0.4) is 0 Å². The van der Waals surface area contributed by atoms with Gasteiger partial charge in [-0.05, 0) is 38.8 Å². The molecule has 4 N–H and O–H groups in total. The first-order valence-corrected chi connectivity index (χ1v) is 6.25. The van der Waals surface area contributed by atoms with Crippen LogP contribution in [-0.4, -0.2) is 34.4 Å². The molecule has 1 aliphatic heterocycles. The Balaban J connectivity index is 1.96. The van der Waals surface area contributed by atoms with Gasteiger partial charge in [-0.25, -0.2) is 5.84 Å². The molecule has 1 saturated heterocycles. The van der Waals surface area contributed by atoms with Crippen LogP contribution in [0.15, 0.2) is 12.1 Å². The van der Waals surface area contributed by atoms with Gasteiger partial charge in [0.2, 0.25) is 0 Å². The molecule has 104 valence electrons. The molecule has 19 heavy (non-hydrogen) atoms. The molecule has 1 aromatic heterocycles. The van der Waals surface area contributed by atoms with Crippen LogP contribution >= 0.6 is 0 Å². The van der Waals surface area contributed by atoms with Gasteiger partial charge in [-0.15, -0.1) is 10.2 Å². The summed E-state index contributed by atoms with van der Waals surface area (Å²) in [6, 6.07) is 3.29. The van der Waals surface area contributed by atoms with Gasteiger partial charge in [0.05, 0.1) is 5.60 Å². The lowest BCUT2D eigenvalue weighted by Crippen LogP contribution is -2.46. The van der Waals surface area contributed by atoms with Gasteiger partial charge in [0.15, 0.2) is 11.5 Å². The number of nitrogens with zero attached hydrogens (tertiary/aromatic N) is 2. The van der Waals surface area contributed by atoms with Crippen LogP contribution in [0, 0.1) is 0 Å². The molecule has 1 fully saturated rings. The zero-order chi connectivity index (χ0) is 13.9. The maximum atomic E-state index is 12.0. The summed E-state index contributed by atoms with van der Waals surface area (Å²) in [5.41, 5.74) is 2.45. The molecular formula is C12H19N5O2. The van der Waals surface area contributed by atoms with E-state index in [0.717, 1.165) is 12.8 Å². The summed E-state index contributed by atoms with van der Waals surface area (Å²) in [4.78, 5) is 12.0. The van der Waals surface area contributed by atoms with E-state index < -0.39 is 0 Å². The number of carbonyl (C=O) groups is 1.